The van der Waals surface area contributed by atoms with Crippen LogP contribution in [0, 0.1) is 0 Å². The van der Waals surface area contributed by atoms with E-state index in [9.17, 15) is 18.0 Å². The first-order valence-corrected chi connectivity index (χ1v) is 10.7. The van der Waals surface area contributed by atoms with Crippen molar-refractivity contribution < 1.29 is 32.2 Å². The maximum Gasteiger partial charge on any atom is 0.442 e. The third-order valence-corrected chi connectivity index (χ3v) is 5.72. The monoisotopic (exact) mass is 445 g/mol. The number of carbonyl (C=O) groups excluding carboxylic acids is 1. The number of carbonyl (C=O) groups is 1. The smallest absolute Gasteiger partial charge is 0.442 e. The van der Waals surface area contributed by atoms with Gasteiger partial charge in [-0.1, -0.05) is 6.07 Å². The quantitative estimate of drug-likeness (QED) is 0.615. The molecule has 0 radical (unpaired) electrons. The summed E-state index contributed by atoms with van der Waals surface area (Å²) in [7, 11) is 1.48. The SMILES string of the molecule is COc1cccc2c1C(CSC(F)(F)F)=CC1(CCN(C(=O)OC(C)(C)C)CC1)O2. The average molecular weight is 446 g/mol. The largest absolute Gasteiger partial charge is 0.496 e. The molecule has 2 aliphatic rings. The summed E-state index contributed by atoms with van der Waals surface area (Å²) in [5.74, 6) is 0.737. The number of hydrogen-bond acceptors (Lipinski definition) is 5. The summed E-state index contributed by atoms with van der Waals surface area (Å²) in [6, 6.07) is 5.20. The van der Waals surface area contributed by atoms with Crippen LogP contribution in [-0.2, 0) is 4.74 Å². The minimum absolute atomic E-state index is 0.0819. The number of hydrogen-bond donors (Lipinski definition) is 0. The van der Waals surface area contributed by atoms with Crippen molar-refractivity contribution in [2.75, 3.05) is 26.0 Å². The number of methoxy groups -OCH3 is 1. The number of rotatable bonds is 3. The maximum atomic E-state index is 12.9. The summed E-state index contributed by atoms with van der Waals surface area (Å²) in [6.07, 6.45) is 2.31. The fraction of sp³-hybridized carbons (Fsp3) is 0.571. The molecule has 9 heteroatoms. The number of thioether (sulfide) groups is 1. The highest BCUT2D eigenvalue weighted by Gasteiger charge is 2.42. The molecular weight excluding hydrogens is 419 g/mol. The Bertz CT molecular complexity index is 825. The minimum Gasteiger partial charge on any atom is -0.496 e. The van der Waals surface area contributed by atoms with Crippen LogP contribution < -0.4 is 9.47 Å². The highest BCUT2D eigenvalue weighted by Crippen LogP contribution is 2.47. The second-order valence-electron chi connectivity index (χ2n) is 8.37. The van der Waals surface area contributed by atoms with Gasteiger partial charge in [-0.25, -0.2) is 4.79 Å². The molecular formula is C21H26F3NO4S. The molecule has 0 unspecified atom stereocenters. The van der Waals surface area contributed by atoms with Crippen molar-refractivity contribution in [2.45, 2.75) is 50.3 Å². The van der Waals surface area contributed by atoms with Crippen LogP contribution in [0.4, 0.5) is 18.0 Å². The molecule has 0 atom stereocenters. The second-order valence-corrected chi connectivity index (χ2v) is 9.41. The lowest BCUT2D eigenvalue weighted by atomic mass is 9.85. The number of nitrogens with zero attached hydrogens (tertiary/aromatic N) is 1. The molecule has 1 saturated heterocycles. The molecule has 0 bridgehead atoms. The molecule has 166 valence electrons. The van der Waals surface area contributed by atoms with Crippen LogP contribution in [0.2, 0.25) is 0 Å². The van der Waals surface area contributed by atoms with Gasteiger partial charge in [0.05, 0.1) is 12.7 Å². The first-order valence-electron chi connectivity index (χ1n) is 9.68. The molecule has 2 aliphatic heterocycles. The van der Waals surface area contributed by atoms with Gasteiger partial charge in [-0.05, 0) is 56.3 Å². The van der Waals surface area contributed by atoms with Crippen LogP contribution >= 0.6 is 11.8 Å². The highest BCUT2D eigenvalue weighted by molar-refractivity contribution is 8.00. The molecule has 3 rings (SSSR count). The van der Waals surface area contributed by atoms with Gasteiger partial charge < -0.3 is 19.1 Å². The number of benzene rings is 1. The number of halogens is 3. The van der Waals surface area contributed by atoms with E-state index in [4.69, 9.17) is 14.2 Å². The Labute approximate surface area is 178 Å². The number of fused-ring (bicyclic) bond motifs is 1. The van der Waals surface area contributed by atoms with Crippen molar-refractivity contribution in [3.05, 3.63) is 29.8 Å². The van der Waals surface area contributed by atoms with Crippen LogP contribution in [-0.4, -0.2) is 53.7 Å². The van der Waals surface area contributed by atoms with Gasteiger partial charge in [-0.15, -0.1) is 0 Å². The summed E-state index contributed by atoms with van der Waals surface area (Å²) >= 11 is -0.0819. The molecule has 1 aromatic rings. The lowest BCUT2D eigenvalue weighted by Gasteiger charge is -2.43. The van der Waals surface area contributed by atoms with Crippen LogP contribution in [0.1, 0.15) is 39.2 Å². The highest BCUT2D eigenvalue weighted by atomic mass is 32.2. The zero-order valence-electron chi connectivity index (χ0n) is 17.5. The van der Waals surface area contributed by atoms with Crippen molar-refractivity contribution in [3.8, 4) is 11.5 Å². The van der Waals surface area contributed by atoms with Crippen molar-refractivity contribution in [3.63, 3.8) is 0 Å². The molecule has 5 nitrogen and oxygen atoms in total. The zero-order chi connectivity index (χ0) is 22.2. The predicted octanol–water partition coefficient (Wildman–Crippen LogP) is 5.49. The van der Waals surface area contributed by atoms with Crippen LogP contribution in [0.15, 0.2) is 24.3 Å². The van der Waals surface area contributed by atoms with Gasteiger partial charge in [0.15, 0.2) is 0 Å². The Morgan fingerprint density at radius 2 is 1.90 bits per heavy atom. The summed E-state index contributed by atoms with van der Waals surface area (Å²) in [6.45, 7) is 6.20. The van der Waals surface area contributed by atoms with Gasteiger partial charge >= 0.3 is 11.6 Å². The molecule has 1 aromatic carbocycles. The predicted molar refractivity (Wildman–Crippen MR) is 110 cm³/mol. The fourth-order valence-electron chi connectivity index (χ4n) is 3.63. The fourth-order valence-corrected chi connectivity index (χ4v) is 4.18. The van der Waals surface area contributed by atoms with Crippen molar-refractivity contribution >= 4 is 23.4 Å². The summed E-state index contributed by atoms with van der Waals surface area (Å²) < 4.78 is 55.7. The first-order chi connectivity index (χ1) is 13.9. The normalized spacial score (nSPS) is 18.4. The Morgan fingerprint density at radius 1 is 1.23 bits per heavy atom. The third kappa shape index (κ3) is 5.36. The number of likely N-dealkylation sites (tertiary alicyclic amines) is 1. The first kappa shape index (κ1) is 22.7. The summed E-state index contributed by atoms with van der Waals surface area (Å²) in [4.78, 5) is 14.0. The molecule has 30 heavy (non-hydrogen) atoms. The van der Waals surface area contributed by atoms with Gasteiger partial charge in [0, 0.05) is 31.7 Å². The van der Waals surface area contributed by atoms with Gasteiger partial charge in [0.2, 0.25) is 0 Å². The van der Waals surface area contributed by atoms with Gasteiger partial charge in [-0.2, -0.15) is 13.2 Å². The van der Waals surface area contributed by atoms with Crippen molar-refractivity contribution in [1.29, 1.82) is 0 Å². The molecule has 2 heterocycles. The lowest BCUT2D eigenvalue weighted by Crippen LogP contribution is -2.50. The van der Waals surface area contributed by atoms with E-state index in [-0.39, 0.29) is 17.5 Å². The molecule has 1 spiro atoms. The third-order valence-electron chi connectivity index (χ3n) is 4.93. The number of ether oxygens (including phenoxy) is 3. The van der Waals surface area contributed by atoms with E-state index >= 15 is 0 Å². The van der Waals surface area contributed by atoms with E-state index in [1.165, 1.54) is 7.11 Å². The Hall–Kier alpha value is -2.03. The standard InChI is InChI=1S/C21H26F3NO4S/c1-19(2,3)29-18(26)25-10-8-20(9-11-25)12-14(13-30-21(22,23)24)17-15(27-4)6-5-7-16(17)28-20/h5-7,12H,8-11,13H2,1-4H3. The Kier molecular flexibility index (Phi) is 6.23. The van der Waals surface area contributed by atoms with Gasteiger partial charge in [0.25, 0.3) is 0 Å². The molecule has 0 aliphatic carbocycles. The number of piperidine rings is 1. The van der Waals surface area contributed by atoms with Crippen LogP contribution in [0.5, 0.6) is 11.5 Å². The molecule has 1 amide bonds. The molecule has 0 saturated carbocycles. The Morgan fingerprint density at radius 3 is 2.47 bits per heavy atom. The van der Waals surface area contributed by atoms with E-state index < -0.39 is 22.8 Å². The molecule has 1 fully saturated rings. The minimum atomic E-state index is -4.34. The average Bonchev–Trinajstić information content (AvgIpc) is 2.64. The van der Waals surface area contributed by atoms with E-state index in [1.807, 2.05) is 0 Å². The van der Waals surface area contributed by atoms with Gasteiger partial charge in [0.1, 0.15) is 22.7 Å². The number of alkyl halides is 3. The zero-order valence-corrected chi connectivity index (χ0v) is 18.3. The topological polar surface area (TPSA) is 48.0 Å². The summed E-state index contributed by atoms with van der Waals surface area (Å²) in [5, 5.41) is 0. The molecule has 0 aromatic heterocycles. The van der Waals surface area contributed by atoms with Crippen molar-refractivity contribution in [1.82, 2.24) is 4.90 Å². The second kappa shape index (κ2) is 8.24. The van der Waals surface area contributed by atoms with Crippen LogP contribution in [0.3, 0.4) is 0 Å². The molecule has 0 N–H and O–H groups in total. The van der Waals surface area contributed by atoms with E-state index in [1.54, 1.807) is 49.9 Å². The van der Waals surface area contributed by atoms with Crippen molar-refractivity contribution in [2.24, 2.45) is 0 Å². The van der Waals surface area contributed by atoms with E-state index in [2.05, 4.69) is 0 Å². The maximum absolute atomic E-state index is 12.9. The number of amides is 1. The van der Waals surface area contributed by atoms with E-state index in [0.29, 0.717) is 48.6 Å². The Balaban J connectivity index is 1.83. The van der Waals surface area contributed by atoms with Crippen LogP contribution in [0.25, 0.3) is 5.57 Å². The van der Waals surface area contributed by atoms with Gasteiger partial charge in [-0.3, -0.25) is 0 Å². The van der Waals surface area contributed by atoms with E-state index in [0.717, 1.165) is 0 Å². The lowest BCUT2D eigenvalue weighted by molar-refractivity contribution is -0.0326. The summed E-state index contributed by atoms with van der Waals surface area (Å²) in [5.41, 5.74) is -4.61.